The molecule has 0 bridgehead atoms. The van der Waals surface area contributed by atoms with E-state index >= 15 is 0 Å². The molecule has 4 nitrogen and oxygen atoms in total. The molecule has 0 saturated carbocycles. The van der Waals surface area contributed by atoms with Gasteiger partial charge in [0.2, 0.25) is 5.76 Å². The highest BCUT2D eigenvalue weighted by molar-refractivity contribution is 6.35. The van der Waals surface area contributed by atoms with Gasteiger partial charge in [-0.2, -0.15) is 0 Å². The molecule has 112 valence electrons. The fraction of sp³-hybridized carbons (Fsp3) is 0.267. The number of esters is 1. The van der Waals surface area contributed by atoms with E-state index in [2.05, 4.69) is 10.1 Å². The van der Waals surface area contributed by atoms with Crippen LogP contribution in [0.3, 0.4) is 0 Å². The highest BCUT2D eigenvalue weighted by Gasteiger charge is 2.13. The Bertz CT molecular complexity index is 640. The summed E-state index contributed by atoms with van der Waals surface area (Å²) in [6.07, 6.45) is 0. The van der Waals surface area contributed by atoms with Crippen molar-refractivity contribution >= 4 is 29.2 Å². The molecule has 1 aromatic carbocycles. The van der Waals surface area contributed by atoms with Crippen molar-refractivity contribution in [1.82, 2.24) is 5.32 Å². The second kappa shape index (κ2) is 6.98. The monoisotopic (exact) mass is 327 g/mol. The van der Waals surface area contributed by atoms with E-state index in [-0.39, 0.29) is 11.8 Å². The lowest BCUT2D eigenvalue weighted by atomic mass is 10.1. The molecule has 1 unspecified atom stereocenters. The fourth-order valence-corrected chi connectivity index (χ4v) is 2.47. The number of ether oxygens (including phenoxy) is 1. The summed E-state index contributed by atoms with van der Waals surface area (Å²) in [6, 6.07) is 8.71. The molecule has 1 aromatic heterocycles. The van der Waals surface area contributed by atoms with Gasteiger partial charge in [-0.25, -0.2) is 4.79 Å². The van der Waals surface area contributed by atoms with Crippen molar-refractivity contribution in [3.05, 3.63) is 57.5 Å². The van der Waals surface area contributed by atoms with E-state index < -0.39 is 5.97 Å². The molecule has 0 aliphatic heterocycles. The third kappa shape index (κ3) is 4.00. The highest BCUT2D eigenvalue weighted by Crippen LogP contribution is 2.26. The molecule has 1 atom stereocenters. The normalized spacial score (nSPS) is 12.2. The molecule has 0 saturated heterocycles. The average Bonchev–Trinajstić information content (AvgIpc) is 2.92. The molecule has 2 rings (SSSR count). The number of rotatable bonds is 5. The van der Waals surface area contributed by atoms with Crippen LogP contribution in [0.4, 0.5) is 0 Å². The van der Waals surface area contributed by atoms with Crippen LogP contribution in [-0.2, 0) is 11.3 Å². The maximum Gasteiger partial charge on any atom is 0.373 e. The molecular weight excluding hydrogens is 313 g/mol. The van der Waals surface area contributed by atoms with Crippen LogP contribution in [0, 0.1) is 0 Å². The summed E-state index contributed by atoms with van der Waals surface area (Å²) in [5, 5.41) is 4.48. The molecular formula is C15H15Cl2NO3. The van der Waals surface area contributed by atoms with Crippen LogP contribution < -0.4 is 5.32 Å². The van der Waals surface area contributed by atoms with E-state index in [1.54, 1.807) is 24.3 Å². The number of methoxy groups -OCH3 is 1. The van der Waals surface area contributed by atoms with Crippen molar-refractivity contribution in [2.24, 2.45) is 0 Å². The molecule has 21 heavy (non-hydrogen) atoms. The van der Waals surface area contributed by atoms with Crippen molar-refractivity contribution in [3.8, 4) is 0 Å². The molecule has 1 N–H and O–H groups in total. The van der Waals surface area contributed by atoms with Gasteiger partial charge in [-0.05, 0) is 36.8 Å². The Kier molecular flexibility index (Phi) is 5.28. The third-order valence-corrected chi connectivity index (χ3v) is 3.62. The number of benzene rings is 1. The number of halogens is 2. The highest BCUT2D eigenvalue weighted by atomic mass is 35.5. The second-order valence-corrected chi connectivity index (χ2v) is 5.37. The summed E-state index contributed by atoms with van der Waals surface area (Å²) in [7, 11) is 1.31. The Morgan fingerprint density at radius 2 is 2.10 bits per heavy atom. The van der Waals surface area contributed by atoms with Crippen LogP contribution in [0.1, 0.15) is 34.8 Å². The summed E-state index contributed by atoms with van der Waals surface area (Å²) in [5.74, 6) is 0.342. The first kappa shape index (κ1) is 15.9. The van der Waals surface area contributed by atoms with Crippen molar-refractivity contribution < 1.29 is 13.9 Å². The van der Waals surface area contributed by atoms with Crippen LogP contribution in [0.2, 0.25) is 10.0 Å². The Morgan fingerprint density at radius 1 is 1.33 bits per heavy atom. The molecule has 2 aromatic rings. The predicted octanol–water partition coefficient (Wildman–Crippen LogP) is 4.22. The molecule has 0 spiro atoms. The number of carbonyl (C=O) groups excluding carboxylic acids is 1. The summed E-state index contributed by atoms with van der Waals surface area (Å²) in [4.78, 5) is 11.3. The Hall–Kier alpha value is -1.49. The molecule has 0 fully saturated rings. The van der Waals surface area contributed by atoms with E-state index in [1.807, 2.05) is 13.0 Å². The minimum absolute atomic E-state index is 0.0152. The predicted molar refractivity (Wildman–Crippen MR) is 81.8 cm³/mol. The SMILES string of the molecule is COC(=O)c1ccc(CNC(C)c2ccc(Cl)cc2Cl)o1. The summed E-state index contributed by atoms with van der Waals surface area (Å²) in [5.41, 5.74) is 0.945. The maximum atomic E-state index is 11.3. The smallest absolute Gasteiger partial charge is 0.373 e. The van der Waals surface area contributed by atoms with Crippen LogP contribution in [0.15, 0.2) is 34.7 Å². The van der Waals surface area contributed by atoms with Gasteiger partial charge in [0.15, 0.2) is 0 Å². The first-order chi connectivity index (χ1) is 10.0. The first-order valence-corrected chi connectivity index (χ1v) is 7.12. The Balaban J connectivity index is 1.99. The lowest BCUT2D eigenvalue weighted by Crippen LogP contribution is -2.18. The zero-order chi connectivity index (χ0) is 15.4. The van der Waals surface area contributed by atoms with Gasteiger partial charge in [-0.3, -0.25) is 0 Å². The van der Waals surface area contributed by atoms with E-state index in [9.17, 15) is 4.79 Å². The van der Waals surface area contributed by atoms with Gasteiger partial charge >= 0.3 is 5.97 Å². The topological polar surface area (TPSA) is 51.5 Å². The quantitative estimate of drug-likeness (QED) is 0.835. The molecule has 0 aliphatic carbocycles. The largest absolute Gasteiger partial charge is 0.463 e. The summed E-state index contributed by atoms with van der Waals surface area (Å²) < 4.78 is 9.97. The number of furan rings is 1. The van der Waals surface area contributed by atoms with Gasteiger partial charge in [-0.15, -0.1) is 0 Å². The first-order valence-electron chi connectivity index (χ1n) is 6.36. The van der Waals surface area contributed by atoms with Crippen molar-refractivity contribution in [2.45, 2.75) is 19.5 Å². The molecule has 6 heteroatoms. The lowest BCUT2D eigenvalue weighted by Gasteiger charge is -2.15. The number of nitrogens with one attached hydrogen (secondary N) is 1. The summed E-state index contributed by atoms with van der Waals surface area (Å²) >= 11 is 12.0. The van der Waals surface area contributed by atoms with Gasteiger partial charge in [0.05, 0.1) is 13.7 Å². The minimum Gasteiger partial charge on any atom is -0.463 e. The van der Waals surface area contributed by atoms with Gasteiger partial charge < -0.3 is 14.5 Å². The average molecular weight is 328 g/mol. The number of hydrogen-bond donors (Lipinski definition) is 1. The fourth-order valence-electron chi connectivity index (χ4n) is 1.90. The van der Waals surface area contributed by atoms with Crippen LogP contribution >= 0.6 is 23.2 Å². The van der Waals surface area contributed by atoms with Gasteiger partial charge in [-0.1, -0.05) is 29.3 Å². The number of hydrogen-bond acceptors (Lipinski definition) is 4. The van der Waals surface area contributed by atoms with E-state index in [4.69, 9.17) is 27.6 Å². The van der Waals surface area contributed by atoms with Gasteiger partial charge in [0, 0.05) is 16.1 Å². The molecule has 1 heterocycles. The zero-order valence-corrected chi connectivity index (χ0v) is 13.2. The van der Waals surface area contributed by atoms with E-state index in [0.717, 1.165) is 5.56 Å². The third-order valence-electron chi connectivity index (χ3n) is 3.06. The van der Waals surface area contributed by atoms with Crippen LogP contribution in [0.25, 0.3) is 0 Å². The lowest BCUT2D eigenvalue weighted by molar-refractivity contribution is 0.0563. The van der Waals surface area contributed by atoms with E-state index in [0.29, 0.717) is 22.4 Å². The minimum atomic E-state index is -0.491. The number of carbonyl (C=O) groups is 1. The molecule has 0 radical (unpaired) electrons. The van der Waals surface area contributed by atoms with Gasteiger partial charge in [0.1, 0.15) is 5.76 Å². The Morgan fingerprint density at radius 3 is 2.76 bits per heavy atom. The van der Waals surface area contributed by atoms with Crippen molar-refractivity contribution in [3.63, 3.8) is 0 Å². The molecule has 0 amide bonds. The zero-order valence-electron chi connectivity index (χ0n) is 11.7. The maximum absolute atomic E-state index is 11.3. The summed E-state index contributed by atoms with van der Waals surface area (Å²) in [6.45, 7) is 2.45. The van der Waals surface area contributed by atoms with Crippen molar-refractivity contribution in [1.29, 1.82) is 0 Å². The van der Waals surface area contributed by atoms with Gasteiger partial charge in [0.25, 0.3) is 0 Å². The molecule has 0 aliphatic rings. The van der Waals surface area contributed by atoms with Crippen LogP contribution in [0.5, 0.6) is 0 Å². The van der Waals surface area contributed by atoms with Crippen molar-refractivity contribution in [2.75, 3.05) is 7.11 Å². The van der Waals surface area contributed by atoms with E-state index in [1.165, 1.54) is 7.11 Å². The van der Waals surface area contributed by atoms with Crippen LogP contribution in [-0.4, -0.2) is 13.1 Å². The Labute approximate surface area is 133 Å². The standard InChI is InChI=1S/C15H15Cl2NO3/c1-9(12-5-3-10(16)7-13(12)17)18-8-11-4-6-14(21-11)15(19)20-2/h3-7,9,18H,8H2,1-2H3. The second-order valence-electron chi connectivity index (χ2n) is 4.53.